The van der Waals surface area contributed by atoms with Crippen LogP contribution in [0.15, 0.2) is 54.6 Å². The summed E-state index contributed by atoms with van der Waals surface area (Å²) in [5.74, 6) is 0.961. The van der Waals surface area contributed by atoms with Crippen LogP contribution >= 0.6 is 0 Å². The Hall–Kier alpha value is -1.86. The molecule has 1 fully saturated rings. The van der Waals surface area contributed by atoms with Gasteiger partial charge in [0.2, 0.25) is 0 Å². The minimum Gasteiger partial charge on any atom is -0.300 e. The second-order valence-corrected chi connectivity index (χ2v) is 7.96. The van der Waals surface area contributed by atoms with E-state index in [-0.39, 0.29) is 0 Å². The van der Waals surface area contributed by atoms with E-state index in [1.807, 2.05) is 0 Å². The van der Waals surface area contributed by atoms with Crippen molar-refractivity contribution in [2.24, 2.45) is 5.92 Å². The third-order valence-electron chi connectivity index (χ3n) is 6.24. The van der Waals surface area contributed by atoms with Gasteiger partial charge in [-0.2, -0.15) is 0 Å². The zero-order valence-electron chi connectivity index (χ0n) is 16.1. The fraction of sp³-hybridized carbons (Fsp3) is 0.440. The summed E-state index contributed by atoms with van der Waals surface area (Å²) in [6.07, 6.45) is 10.3. The van der Waals surface area contributed by atoms with E-state index in [9.17, 15) is 0 Å². The van der Waals surface area contributed by atoms with Crippen LogP contribution in [-0.2, 0) is 12.8 Å². The second kappa shape index (κ2) is 8.22. The zero-order chi connectivity index (χ0) is 17.8. The molecule has 1 aliphatic heterocycles. The van der Waals surface area contributed by atoms with Gasteiger partial charge in [0.1, 0.15) is 0 Å². The molecule has 136 valence electrons. The Kier molecular flexibility index (Phi) is 5.55. The van der Waals surface area contributed by atoms with E-state index in [1.165, 1.54) is 66.6 Å². The number of piperidine rings is 1. The number of hydrogen-bond acceptors (Lipinski definition) is 1. The smallest absolute Gasteiger partial charge is 0.0172 e. The predicted octanol–water partition coefficient (Wildman–Crippen LogP) is 5.73. The topological polar surface area (TPSA) is 3.24 Å². The molecule has 2 aromatic rings. The van der Waals surface area contributed by atoms with Crippen molar-refractivity contribution in [3.63, 3.8) is 0 Å². The number of nitrogens with zero attached hydrogens (tertiary/aromatic N) is 1. The first kappa shape index (κ1) is 17.5. The van der Waals surface area contributed by atoms with Crippen LogP contribution in [0.5, 0.6) is 0 Å². The summed E-state index contributed by atoms with van der Waals surface area (Å²) in [5.41, 5.74) is 7.33. The van der Waals surface area contributed by atoms with Crippen LogP contribution in [0.3, 0.4) is 0 Å². The highest BCUT2D eigenvalue weighted by Gasteiger charge is 2.20. The lowest BCUT2D eigenvalue weighted by Gasteiger charge is -2.31. The van der Waals surface area contributed by atoms with Crippen LogP contribution in [0.25, 0.3) is 5.57 Å². The van der Waals surface area contributed by atoms with Gasteiger partial charge >= 0.3 is 0 Å². The summed E-state index contributed by atoms with van der Waals surface area (Å²) in [6, 6.07) is 18.0. The summed E-state index contributed by atoms with van der Waals surface area (Å²) in [5, 5.41) is 0. The summed E-state index contributed by atoms with van der Waals surface area (Å²) < 4.78 is 0. The van der Waals surface area contributed by atoms with E-state index in [0.717, 1.165) is 25.3 Å². The fourth-order valence-electron chi connectivity index (χ4n) is 4.72. The average molecular weight is 346 g/mol. The maximum Gasteiger partial charge on any atom is 0.0172 e. The van der Waals surface area contributed by atoms with Crippen LogP contribution in [-0.4, -0.2) is 24.5 Å². The van der Waals surface area contributed by atoms with Crippen molar-refractivity contribution in [1.82, 2.24) is 4.90 Å². The molecule has 0 N–H and O–H groups in total. The maximum atomic E-state index is 2.65. The molecule has 0 radical (unpaired) electrons. The SMILES string of the molecule is CCCC1CCN(CC=C2c3ccccc3CCc3ccccc32)CC1. The molecule has 0 aromatic heterocycles. The van der Waals surface area contributed by atoms with Gasteiger partial charge in [0, 0.05) is 6.54 Å². The highest BCUT2D eigenvalue weighted by molar-refractivity contribution is 5.84. The van der Waals surface area contributed by atoms with Gasteiger partial charge in [-0.1, -0.05) is 74.4 Å². The molecular formula is C25H31N. The highest BCUT2D eigenvalue weighted by atomic mass is 15.1. The molecular weight excluding hydrogens is 314 g/mol. The molecule has 1 heterocycles. The van der Waals surface area contributed by atoms with Crippen molar-refractivity contribution >= 4 is 5.57 Å². The maximum absolute atomic E-state index is 2.65. The molecule has 0 atom stereocenters. The first-order chi connectivity index (χ1) is 12.8. The fourth-order valence-corrected chi connectivity index (χ4v) is 4.72. The zero-order valence-corrected chi connectivity index (χ0v) is 16.1. The molecule has 0 amide bonds. The van der Waals surface area contributed by atoms with Crippen molar-refractivity contribution in [3.05, 3.63) is 76.9 Å². The molecule has 2 aliphatic rings. The van der Waals surface area contributed by atoms with Crippen molar-refractivity contribution < 1.29 is 0 Å². The molecule has 0 unspecified atom stereocenters. The number of benzene rings is 2. The van der Waals surface area contributed by atoms with E-state index in [1.54, 1.807) is 0 Å². The number of hydrogen-bond donors (Lipinski definition) is 0. The molecule has 1 aliphatic carbocycles. The van der Waals surface area contributed by atoms with Gasteiger partial charge < -0.3 is 0 Å². The molecule has 0 bridgehead atoms. The van der Waals surface area contributed by atoms with E-state index >= 15 is 0 Å². The monoisotopic (exact) mass is 345 g/mol. The standard InChI is InChI=1S/C25H31N/c1-2-7-20-14-17-26(18-15-20)19-16-25-23-10-5-3-8-21(23)12-13-22-9-4-6-11-24(22)25/h3-6,8-11,16,20H,2,7,12-15,17-19H2,1H3. The van der Waals surface area contributed by atoms with Gasteiger partial charge in [-0.3, -0.25) is 4.90 Å². The lowest BCUT2D eigenvalue weighted by molar-refractivity contribution is 0.194. The van der Waals surface area contributed by atoms with Crippen molar-refractivity contribution in [2.45, 2.75) is 45.4 Å². The second-order valence-electron chi connectivity index (χ2n) is 7.96. The predicted molar refractivity (Wildman–Crippen MR) is 111 cm³/mol. The van der Waals surface area contributed by atoms with E-state index in [0.29, 0.717) is 0 Å². The molecule has 0 saturated carbocycles. The summed E-state index contributed by atoms with van der Waals surface area (Å²) >= 11 is 0. The summed E-state index contributed by atoms with van der Waals surface area (Å²) in [6.45, 7) is 5.92. The normalized spacial score (nSPS) is 18.1. The third-order valence-corrected chi connectivity index (χ3v) is 6.24. The minimum atomic E-state index is 0.961. The quantitative estimate of drug-likeness (QED) is 0.684. The number of likely N-dealkylation sites (tertiary alicyclic amines) is 1. The van der Waals surface area contributed by atoms with Gasteiger partial charge in [0.05, 0.1) is 0 Å². The van der Waals surface area contributed by atoms with Gasteiger partial charge in [0.25, 0.3) is 0 Å². The van der Waals surface area contributed by atoms with Crippen LogP contribution in [0, 0.1) is 5.92 Å². The minimum absolute atomic E-state index is 0.961. The molecule has 26 heavy (non-hydrogen) atoms. The van der Waals surface area contributed by atoms with E-state index in [2.05, 4.69) is 66.4 Å². The van der Waals surface area contributed by atoms with E-state index in [4.69, 9.17) is 0 Å². The Balaban J connectivity index is 1.58. The van der Waals surface area contributed by atoms with Gasteiger partial charge in [0.15, 0.2) is 0 Å². The molecule has 4 rings (SSSR count). The van der Waals surface area contributed by atoms with Crippen LogP contribution < -0.4 is 0 Å². The Morgan fingerprint density at radius 1 is 0.885 bits per heavy atom. The highest BCUT2D eigenvalue weighted by Crippen LogP contribution is 2.33. The van der Waals surface area contributed by atoms with Gasteiger partial charge in [-0.05, 0) is 72.5 Å². The van der Waals surface area contributed by atoms with Gasteiger partial charge in [-0.25, -0.2) is 0 Å². The Morgan fingerprint density at radius 2 is 1.46 bits per heavy atom. The summed E-state index contributed by atoms with van der Waals surface area (Å²) in [7, 11) is 0. The number of aryl methyl sites for hydroxylation is 2. The lowest BCUT2D eigenvalue weighted by Crippen LogP contribution is -2.33. The Labute approximate surface area is 158 Å². The molecule has 2 aromatic carbocycles. The van der Waals surface area contributed by atoms with Gasteiger partial charge in [-0.15, -0.1) is 0 Å². The average Bonchev–Trinajstić information content (AvgIpc) is 2.85. The van der Waals surface area contributed by atoms with E-state index < -0.39 is 0 Å². The third kappa shape index (κ3) is 3.78. The summed E-state index contributed by atoms with van der Waals surface area (Å²) in [4.78, 5) is 2.65. The number of rotatable bonds is 4. The Bertz CT molecular complexity index is 716. The largest absolute Gasteiger partial charge is 0.300 e. The number of fused-ring (bicyclic) bond motifs is 2. The van der Waals surface area contributed by atoms with Crippen LogP contribution in [0.4, 0.5) is 0 Å². The van der Waals surface area contributed by atoms with Crippen LogP contribution in [0.1, 0.15) is 54.9 Å². The molecule has 1 heteroatoms. The van der Waals surface area contributed by atoms with Crippen LogP contribution in [0.2, 0.25) is 0 Å². The lowest BCUT2D eigenvalue weighted by atomic mass is 9.91. The molecule has 1 nitrogen and oxygen atoms in total. The first-order valence-electron chi connectivity index (χ1n) is 10.4. The Morgan fingerprint density at radius 3 is 2.04 bits per heavy atom. The van der Waals surface area contributed by atoms with Crippen molar-refractivity contribution in [3.8, 4) is 0 Å². The molecule has 1 saturated heterocycles. The van der Waals surface area contributed by atoms with Crippen molar-refractivity contribution in [2.75, 3.05) is 19.6 Å². The molecule has 0 spiro atoms. The first-order valence-corrected chi connectivity index (χ1v) is 10.4. The van der Waals surface area contributed by atoms with Crippen molar-refractivity contribution in [1.29, 1.82) is 0 Å².